The van der Waals surface area contributed by atoms with E-state index >= 15 is 0 Å². The van der Waals surface area contributed by atoms with E-state index in [-0.39, 0.29) is 23.9 Å². The van der Waals surface area contributed by atoms with Gasteiger partial charge in [-0.3, -0.25) is 4.79 Å². The molecule has 0 amide bonds. The van der Waals surface area contributed by atoms with Crippen LogP contribution in [0.5, 0.6) is 17.2 Å². The van der Waals surface area contributed by atoms with Crippen LogP contribution in [0.25, 0.3) is 0 Å². The first-order valence-corrected chi connectivity index (χ1v) is 6.00. The van der Waals surface area contributed by atoms with Gasteiger partial charge in [0, 0.05) is 12.5 Å². The smallest absolute Gasteiger partial charge is 0.333 e. The molecule has 1 aromatic carbocycles. The largest absolute Gasteiger partial charge is 0.502 e. The quantitative estimate of drug-likeness (QED) is 0.338. The Hall–Kier alpha value is -2.50. The molecule has 0 bridgehead atoms. The van der Waals surface area contributed by atoms with Crippen molar-refractivity contribution in [3.63, 3.8) is 0 Å². The van der Waals surface area contributed by atoms with Gasteiger partial charge in [0.25, 0.3) is 0 Å². The zero-order valence-electron chi connectivity index (χ0n) is 11.1. The third kappa shape index (κ3) is 4.31. The normalized spacial score (nSPS) is 11.2. The van der Waals surface area contributed by atoms with E-state index < -0.39 is 12.3 Å². The van der Waals surface area contributed by atoms with Crippen molar-refractivity contribution < 1.29 is 28.9 Å². The number of benzene rings is 1. The molecule has 0 aliphatic rings. The molecule has 1 atom stereocenters. The molecule has 6 nitrogen and oxygen atoms in total. The number of esters is 1. The molecule has 20 heavy (non-hydrogen) atoms. The Morgan fingerprint density at radius 1 is 1.45 bits per heavy atom. The fourth-order valence-corrected chi connectivity index (χ4v) is 1.35. The number of phenolic OH excluding ortho intramolecular Hbond substituents is 1. The van der Waals surface area contributed by atoms with Crippen LogP contribution in [0, 0.1) is 0 Å². The van der Waals surface area contributed by atoms with Crippen LogP contribution in [0.3, 0.4) is 0 Å². The van der Waals surface area contributed by atoms with E-state index in [1.807, 2.05) is 0 Å². The molecule has 1 aromatic rings. The molecule has 0 aromatic heterocycles. The fraction of sp³-hybridized carbons (Fsp3) is 0.286. The minimum Gasteiger partial charge on any atom is -0.502 e. The van der Waals surface area contributed by atoms with E-state index in [1.165, 1.54) is 12.1 Å². The highest BCUT2D eigenvalue weighted by Gasteiger charge is 2.16. The molecular weight excluding hydrogens is 264 g/mol. The third-order valence-electron chi connectivity index (χ3n) is 2.27. The van der Waals surface area contributed by atoms with Crippen molar-refractivity contribution in [2.24, 2.45) is 0 Å². The van der Waals surface area contributed by atoms with Crippen molar-refractivity contribution in [2.75, 3.05) is 6.61 Å². The first-order valence-electron chi connectivity index (χ1n) is 6.00. The Bertz CT molecular complexity index is 483. The summed E-state index contributed by atoms with van der Waals surface area (Å²) in [4.78, 5) is 21.4. The summed E-state index contributed by atoms with van der Waals surface area (Å²) in [5, 5.41) is 9.92. The summed E-state index contributed by atoms with van der Waals surface area (Å²) in [6.07, 6.45) is 1.12. The van der Waals surface area contributed by atoms with E-state index in [1.54, 1.807) is 13.0 Å². The van der Waals surface area contributed by atoms with Crippen LogP contribution < -0.4 is 9.47 Å². The Balaban J connectivity index is 2.82. The van der Waals surface area contributed by atoms with Gasteiger partial charge in [0.05, 0.1) is 0 Å². The highest BCUT2D eigenvalue weighted by Crippen LogP contribution is 2.36. The van der Waals surface area contributed by atoms with E-state index in [0.717, 1.165) is 6.08 Å². The molecule has 0 aliphatic carbocycles. The van der Waals surface area contributed by atoms with Crippen molar-refractivity contribution in [3.05, 3.63) is 30.9 Å². The molecule has 0 heterocycles. The first-order chi connectivity index (χ1) is 9.62. The zero-order valence-corrected chi connectivity index (χ0v) is 11.1. The van der Waals surface area contributed by atoms with Crippen molar-refractivity contribution >= 4 is 12.3 Å². The van der Waals surface area contributed by atoms with Gasteiger partial charge in [-0.1, -0.05) is 19.6 Å². The molecule has 0 saturated carbocycles. The number of carbonyl (C=O) groups is 2. The van der Waals surface area contributed by atoms with Crippen LogP contribution >= 0.6 is 0 Å². The molecule has 108 valence electrons. The summed E-state index contributed by atoms with van der Waals surface area (Å²) in [7, 11) is 0. The van der Waals surface area contributed by atoms with E-state index in [9.17, 15) is 14.7 Å². The lowest BCUT2D eigenvalue weighted by atomic mass is 10.3. The van der Waals surface area contributed by atoms with Gasteiger partial charge in [-0.25, -0.2) is 4.79 Å². The highest BCUT2D eigenvalue weighted by atomic mass is 16.7. The summed E-state index contributed by atoms with van der Waals surface area (Å²) in [6.45, 7) is 4.86. The zero-order chi connectivity index (χ0) is 15.0. The topological polar surface area (TPSA) is 82.1 Å². The van der Waals surface area contributed by atoms with E-state index in [2.05, 4.69) is 6.58 Å². The van der Waals surface area contributed by atoms with Gasteiger partial charge >= 0.3 is 5.97 Å². The Morgan fingerprint density at radius 2 is 2.15 bits per heavy atom. The standard InChI is InChI=1S/C14H16O6/c1-3-12(16)20-13(4-2)19-11-7-5-6-10(14(11)17)18-9-8-15/h3,5-8,13,17H,1,4,9H2,2H3. The summed E-state index contributed by atoms with van der Waals surface area (Å²) in [6, 6.07) is 4.56. The average Bonchev–Trinajstić information content (AvgIpc) is 2.47. The van der Waals surface area contributed by atoms with Gasteiger partial charge < -0.3 is 19.3 Å². The molecule has 6 heteroatoms. The molecule has 0 saturated heterocycles. The molecule has 0 fully saturated rings. The minimum absolute atomic E-state index is 0.0945. The molecular formula is C14H16O6. The van der Waals surface area contributed by atoms with Gasteiger partial charge in [0.1, 0.15) is 6.61 Å². The Morgan fingerprint density at radius 3 is 2.75 bits per heavy atom. The lowest BCUT2D eigenvalue weighted by molar-refractivity contribution is -0.157. The van der Waals surface area contributed by atoms with E-state index in [0.29, 0.717) is 12.7 Å². The predicted octanol–water partition coefficient (Wildman–Crippen LogP) is 1.81. The average molecular weight is 280 g/mol. The lowest BCUT2D eigenvalue weighted by Gasteiger charge is -2.18. The number of aldehydes is 1. The first kappa shape index (κ1) is 15.6. The Kier molecular flexibility index (Phi) is 6.09. The number of para-hydroxylation sites is 1. The summed E-state index contributed by atoms with van der Waals surface area (Å²) < 4.78 is 15.3. The second-order valence-electron chi connectivity index (χ2n) is 3.68. The molecule has 1 N–H and O–H groups in total. The van der Waals surface area contributed by atoms with Crippen LogP contribution in [0.2, 0.25) is 0 Å². The number of rotatable bonds is 8. The van der Waals surface area contributed by atoms with Crippen LogP contribution in [0.15, 0.2) is 30.9 Å². The molecule has 0 aliphatic heterocycles. The van der Waals surface area contributed by atoms with Gasteiger partial charge in [-0.15, -0.1) is 0 Å². The van der Waals surface area contributed by atoms with Gasteiger partial charge in [-0.05, 0) is 12.1 Å². The third-order valence-corrected chi connectivity index (χ3v) is 2.27. The monoisotopic (exact) mass is 280 g/mol. The molecule has 1 unspecified atom stereocenters. The van der Waals surface area contributed by atoms with Crippen LogP contribution in [-0.4, -0.2) is 30.3 Å². The predicted molar refractivity (Wildman–Crippen MR) is 70.7 cm³/mol. The van der Waals surface area contributed by atoms with Crippen LogP contribution in [0.4, 0.5) is 0 Å². The highest BCUT2D eigenvalue weighted by molar-refractivity contribution is 5.81. The van der Waals surface area contributed by atoms with Crippen molar-refractivity contribution in [1.29, 1.82) is 0 Å². The second-order valence-corrected chi connectivity index (χ2v) is 3.68. The number of aromatic hydroxyl groups is 1. The Labute approximate surface area is 116 Å². The number of hydrogen-bond acceptors (Lipinski definition) is 6. The summed E-state index contributed by atoms with van der Waals surface area (Å²) >= 11 is 0. The number of hydrogen-bond donors (Lipinski definition) is 1. The SMILES string of the molecule is C=CC(=O)OC(CC)Oc1cccc(OCC=O)c1O. The maximum Gasteiger partial charge on any atom is 0.333 e. The second kappa shape index (κ2) is 7.83. The minimum atomic E-state index is -0.854. The number of carbonyl (C=O) groups excluding carboxylic acids is 2. The molecule has 0 radical (unpaired) electrons. The maximum atomic E-state index is 11.1. The van der Waals surface area contributed by atoms with Gasteiger partial charge in [0.2, 0.25) is 12.0 Å². The maximum absolute atomic E-state index is 11.1. The van der Waals surface area contributed by atoms with Gasteiger partial charge in [-0.2, -0.15) is 0 Å². The summed E-state index contributed by atoms with van der Waals surface area (Å²) in [5.41, 5.74) is 0. The lowest BCUT2D eigenvalue weighted by Crippen LogP contribution is -2.22. The van der Waals surface area contributed by atoms with Crippen molar-refractivity contribution in [1.82, 2.24) is 0 Å². The molecule has 0 spiro atoms. The summed E-state index contributed by atoms with van der Waals surface area (Å²) in [5.74, 6) is -0.677. The fourth-order valence-electron chi connectivity index (χ4n) is 1.35. The van der Waals surface area contributed by atoms with Crippen molar-refractivity contribution in [2.45, 2.75) is 19.6 Å². The van der Waals surface area contributed by atoms with Crippen molar-refractivity contribution in [3.8, 4) is 17.2 Å². The number of phenols is 1. The van der Waals surface area contributed by atoms with E-state index in [4.69, 9.17) is 14.2 Å². The van der Waals surface area contributed by atoms with Gasteiger partial charge in [0.15, 0.2) is 17.8 Å². The number of ether oxygens (including phenoxy) is 3. The van der Waals surface area contributed by atoms with Crippen LogP contribution in [0.1, 0.15) is 13.3 Å². The molecule has 1 rings (SSSR count). The van der Waals surface area contributed by atoms with Crippen LogP contribution in [-0.2, 0) is 14.3 Å².